The first-order chi connectivity index (χ1) is 9.47. The maximum atomic E-state index is 11.4. The van der Waals surface area contributed by atoms with Crippen molar-refractivity contribution in [3.63, 3.8) is 0 Å². The van der Waals surface area contributed by atoms with Crippen LogP contribution in [0, 0.1) is 12.8 Å². The molecule has 1 amide bonds. The van der Waals surface area contributed by atoms with E-state index in [0.717, 1.165) is 12.0 Å². The van der Waals surface area contributed by atoms with Crippen LogP contribution < -0.4 is 10.2 Å². The Labute approximate surface area is 119 Å². The van der Waals surface area contributed by atoms with Crippen molar-refractivity contribution in [3.05, 3.63) is 29.8 Å². The van der Waals surface area contributed by atoms with Gasteiger partial charge < -0.3 is 9.57 Å². The van der Waals surface area contributed by atoms with Crippen molar-refractivity contribution in [2.24, 2.45) is 5.92 Å². The topological polar surface area (TPSA) is 64.6 Å². The minimum atomic E-state index is -0.497. The number of carbonyl (C=O) groups is 2. The maximum absolute atomic E-state index is 11.4. The van der Waals surface area contributed by atoms with Gasteiger partial charge in [-0.3, -0.25) is 4.79 Å². The summed E-state index contributed by atoms with van der Waals surface area (Å²) in [6.07, 6.45) is 1.02. The number of rotatable bonds is 6. The van der Waals surface area contributed by atoms with E-state index in [9.17, 15) is 9.59 Å². The standard InChI is InChI=1S/C15H21NO4/c1-11(2)4-9-15(18)20-16-14(17)10-19-13-7-5-12(3)6-8-13/h5-8,11H,4,9-10H2,1-3H3,(H,16,17). The number of benzene rings is 1. The molecule has 0 atom stereocenters. The number of amides is 1. The lowest BCUT2D eigenvalue weighted by atomic mass is 10.1. The molecule has 0 saturated heterocycles. The lowest BCUT2D eigenvalue weighted by Gasteiger charge is -2.08. The van der Waals surface area contributed by atoms with Crippen LogP contribution in [0.2, 0.25) is 0 Å². The molecule has 0 radical (unpaired) electrons. The highest BCUT2D eigenvalue weighted by Crippen LogP contribution is 2.10. The van der Waals surface area contributed by atoms with Gasteiger partial charge in [0.15, 0.2) is 6.61 Å². The summed E-state index contributed by atoms with van der Waals surface area (Å²) in [4.78, 5) is 27.3. The lowest BCUT2D eigenvalue weighted by Crippen LogP contribution is -2.31. The van der Waals surface area contributed by atoms with Crippen molar-refractivity contribution < 1.29 is 19.2 Å². The number of ether oxygens (including phenoxy) is 1. The third kappa shape index (κ3) is 6.78. The Morgan fingerprint density at radius 2 is 1.85 bits per heavy atom. The number of hydroxylamine groups is 1. The Balaban J connectivity index is 2.20. The van der Waals surface area contributed by atoms with Crippen molar-refractivity contribution >= 4 is 11.9 Å². The zero-order valence-corrected chi connectivity index (χ0v) is 12.1. The fourth-order valence-corrected chi connectivity index (χ4v) is 1.38. The van der Waals surface area contributed by atoms with Gasteiger partial charge >= 0.3 is 5.97 Å². The first-order valence-corrected chi connectivity index (χ1v) is 6.65. The van der Waals surface area contributed by atoms with E-state index in [1.165, 1.54) is 0 Å². The Morgan fingerprint density at radius 1 is 1.20 bits per heavy atom. The van der Waals surface area contributed by atoms with Gasteiger partial charge in [0.2, 0.25) is 0 Å². The van der Waals surface area contributed by atoms with Crippen molar-refractivity contribution in [2.75, 3.05) is 6.61 Å². The summed E-state index contributed by atoms with van der Waals surface area (Å²) in [7, 11) is 0. The summed E-state index contributed by atoms with van der Waals surface area (Å²) < 4.78 is 5.25. The molecule has 1 N–H and O–H groups in total. The minimum absolute atomic E-state index is 0.194. The quantitative estimate of drug-likeness (QED) is 0.812. The molecule has 1 rings (SSSR count). The lowest BCUT2D eigenvalue weighted by molar-refractivity contribution is -0.159. The molecule has 110 valence electrons. The van der Waals surface area contributed by atoms with Crippen LogP contribution >= 0.6 is 0 Å². The largest absolute Gasteiger partial charge is 0.484 e. The van der Waals surface area contributed by atoms with Gasteiger partial charge in [-0.15, -0.1) is 0 Å². The summed E-state index contributed by atoms with van der Waals surface area (Å²) in [5, 5.41) is 0. The first-order valence-electron chi connectivity index (χ1n) is 6.65. The molecule has 0 aliphatic carbocycles. The number of hydrogen-bond acceptors (Lipinski definition) is 4. The summed E-state index contributed by atoms with van der Waals surface area (Å²) in [5.41, 5.74) is 3.19. The van der Waals surface area contributed by atoms with Crippen molar-refractivity contribution in [1.82, 2.24) is 5.48 Å². The van der Waals surface area contributed by atoms with E-state index in [-0.39, 0.29) is 13.0 Å². The van der Waals surface area contributed by atoms with Gasteiger partial charge in [0.1, 0.15) is 5.75 Å². The van der Waals surface area contributed by atoms with Crippen LogP contribution in [0.4, 0.5) is 0 Å². The van der Waals surface area contributed by atoms with Gasteiger partial charge in [0, 0.05) is 6.42 Å². The monoisotopic (exact) mass is 279 g/mol. The predicted octanol–water partition coefficient (Wildman–Crippen LogP) is 2.38. The van der Waals surface area contributed by atoms with Gasteiger partial charge in [-0.05, 0) is 31.4 Å². The highest BCUT2D eigenvalue weighted by molar-refractivity contribution is 5.79. The van der Waals surface area contributed by atoms with Crippen molar-refractivity contribution in [3.8, 4) is 5.75 Å². The van der Waals surface area contributed by atoms with E-state index < -0.39 is 11.9 Å². The molecule has 5 heteroatoms. The molecule has 0 fully saturated rings. The summed E-state index contributed by atoms with van der Waals surface area (Å²) in [5.74, 6) is 0.0749. The number of nitrogens with one attached hydrogen (secondary N) is 1. The van der Waals surface area contributed by atoms with E-state index in [4.69, 9.17) is 4.74 Å². The van der Waals surface area contributed by atoms with E-state index in [1.807, 2.05) is 32.9 Å². The van der Waals surface area contributed by atoms with Crippen molar-refractivity contribution in [2.45, 2.75) is 33.6 Å². The van der Waals surface area contributed by atoms with E-state index in [1.54, 1.807) is 12.1 Å². The highest BCUT2D eigenvalue weighted by atomic mass is 16.7. The normalized spacial score (nSPS) is 10.2. The Bertz CT molecular complexity index is 440. The average Bonchev–Trinajstić information content (AvgIpc) is 2.42. The molecule has 0 saturated carbocycles. The van der Waals surface area contributed by atoms with Crippen LogP contribution in [0.3, 0.4) is 0 Å². The van der Waals surface area contributed by atoms with Crippen LogP contribution in [0.5, 0.6) is 5.75 Å². The van der Waals surface area contributed by atoms with E-state index in [0.29, 0.717) is 11.7 Å². The molecule has 20 heavy (non-hydrogen) atoms. The molecule has 0 spiro atoms. The SMILES string of the molecule is Cc1ccc(OCC(=O)NOC(=O)CCC(C)C)cc1. The fraction of sp³-hybridized carbons (Fsp3) is 0.467. The Kier molecular flexibility index (Phi) is 6.56. The molecule has 0 heterocycles. The smallest absolute Gasteiger partial charge is 0.332 e. The number of aryl methyl sites for hydroxylation is 1. The average molecular weight is 279 g/mol. The molecular formula is C15H21NO4. The number of carbonyl (C=O) groups excluding carboxylic acids is 2. The third-order valence-electron chi connectivity index (χ3n) is 2.60. The second kappa shape index (κ2) is 8.19. The second-order valence-electron chi connectivity index (χ2n) is 5.03. The van der Waals surface area contributed by atoms with Crippen LogP contribution in [-0.2, 0) is 14.4 Å². The first kappa shape index (κ1) is 16.0. The summed E-state index contributed by atoms with van der Waals surface area (Å²) >= 11 is 0. The molecule has 0 unspecified atom stereocenters. The van der Waals surface area contributed by atoms with Gasteiger partial charge in [-0.1, -0.05) is 31.5 Å². The molecule has 0 aromatic heterocycles. The molecule has 1 aromatic rings. The van der Waals surface area contributed by atoms with Crippen LogP contribution in [-0.4, -0.2) is 18.5 Å². The number of hydrogen-bond donors (Lipinski definition) is 1. The molecule has 0 aliphatic rings. The fourth-order valence-electron chi connectivity index (χ4n) is 1.38. The predicted molar refractivity (Wildman–Crippen MR) is 75.0 cm³/mol. The third-order valence-corrected chi connectivity index (χ3v) is 2.60. The van der Waals surface area contributed by atoms with Crippen LogP contribution in [0.15, 0.2) is 24.3 Å². The summed E-state index contributed by atoms with van der Waals surface area (Å²) in [6, 6.07) is 7.33. The Morgan fingerprint density at radius 3 is 2.45 bits per heavy atom. The van der Waals surface area contributed by atoms with E-state index in [2.05, 4.69) is 10.3 Å². The second-order valence-corrected chi connectivity index (χ2v) is 5.03. The molecule has 0 bridgehead atoms. The van der Waals surface area contributed by atoms with Gasteiger partial charge in [-0.25, -0.2) is 4.79 Å². The minimum Gasteiger partial charge on any atom is -0.484 e. The Hall–Kier alpha value is -2.04. The summed E-state index contributed by atoms with van der Waals surface area (Å²) in [6.45, 7) is 5.80. The van der Waals surface area contributed by atoms with E-state index >= 15 is 0 Å². The van der Waals surface area contributed by atoms with Crippen LogP contribution in [0.1, 0.15) is 32.3 Å². The highest BCUT2D eigenvalue weighted by Gasteiger charge is 2.08. The molecule has 0 aliphatic heterocycles. The maximum Gasteiger partial charge on any atom is 0.332 e. The van der Waals surface area contributed by atoms with Crippen molar-refractivity contribution in [1.29, 1.82) is 0 Å². The zero-order chi connectivity index (χ0) is 15.0. The molecule has 1 aromatic carbocycles. The van der Waals surface area contributed by atoms with Gasteiger partial charge in [0.05, 0.1) is 0 Å². The van der Waals surface area contributed by atoms with Crippen LogP contribution in [0.25, 0.3) is 0 Å². The molecular weight excluding hydrogens is 258 g/mol. The van der Waals surface area contributed by atoms with Gasteiger partial charge in [0.25, 0.3) is 5.91 Å². The van der Waals surface area contributed by atoms with Gasteiger partial charge in [-0.2, -0.15) is 5.48 Å². The zero-order valence-electron chi connectivity index (χ0n) is 12.1. The molecule has 5 nitrogen and oxygen atoms in total.